The molecule has 1 amide bonds. The Morgan fingerprint density at radius 3 is 2.65 bits per heavy atom. The number of carbonyl (C=O) groups excluding carboxylic acids is 1. The van der Waals surface area contributed by atoms with Crippen LogP contribution in [0.5, 0.6) is 11.6 Å². The number of amides is 1. The largest absolute Gasteiger partial charge is 0.439 e. The van der Waals surface area contributed by atoms with E-state index in [4.69, 9.17) is 10.5 Å². The van der Waals surface area contributed by atoms with Crippen molar-refractivity contribution in [2.75, 3.05) is 0 Å². The number of carbonyl (C=O) groups is 1. The number of aromatic nitrogens is 1. The van der Waals surface area contributed by atoms with Crippen LogP contribution in [0.25, 0.3) is 0 Å². The van der Waals surface area contributed by atoms with Crippen molar-refractivity contribution in [2.24, 2.45) is 11.7 Å². The first-order valence-corrected chi connectivity index (χ1v) is 7.37. The van der Waals surface area contributed by atoms with E-state index in [-0.39, 0.29) is 23.7 Å². The Balaban J connectivity index is 1.97. The van der Waals surface area contributed by atoms with E-state index in [9.17, 15) is 9.18 Å². The molecule has 2 rings (SSSR count). The average molecular weight is 317 g/mol. The molecule has 1 aromatic heterocycles. The van der Waals surface area contributed by atoms with Gasteiger partial charge in [0.15, 0.2) is 0 Å². The van der Waals surface area contributed by atoms with Crippen molar-refractivity contribution in [3.05, 3.63) is 54.0 Å². The third kappa shape index (κ3) is 5.03. The molecule has 0 spiro atoms. The highest BCUT2D eigenvalue weighted by Crippen LogP contribution is 2.20. The van der Waals surface area contributed by atoms with Gasteiger partial charge in [-0.2, -0.15) is 0 Å². The van der Waals surface area contributed by atoms with Crippen molar-refractivity contribution in [3.63, 3.8) is 0 Å². The second-order valence-electron chi connectivity index (χ2n) is 5.42. The first kappa shape index (κ1) is 16.9. The zero-order valence-corrected chi connectivity index (χ0v) is 13.1. The lowest BCUT2D eigenvalue weighted by Gasteiger charge is -2.15. The van der Waals surface area contributed by atoms with Gasteiger partial charge in [-0.15, -0.1) is 0 Å². The van der Waals surface area contributed by atoms with Crippen LogP contribution in [0.4, 0.5) is 4.39 Å². The van der Waals surface area contributed by atoms with Gasteiger partial charge in [-0.1, -0.05) is 6.92 Å². The van der Waals surface area contributed by atoms with E-state index in [1.165, 1.54) is 24.3 Å². The van der Waals surface area contributed by atoms with E-state index in [1.807, 2.05) is 0 Å². The molecule has 23 heavy (non-hydrogen) atoms. The fourth-order valence-corrected chi connectivity index (χ4v) is 1.83. The van der Waals surface area contributed by atoms with E-state index >= 15 is 0 Å². The van der Waals surface area contributed by atoms with Crippen LogP contribution in [0.1, 0.15) is 19.4 Å². The van der Waals surface area contributed by atoms with E-state index < -0.39 is 0 Å². The lowest BCUT2D eigenvalue weighted by atomic mass is 10.0. The number of halogens is 1. The number of pyridine rings is 1. The van der Waals surface area contributed by atoms with Crippen LogP contribution in [-0.4, -0.2) is 16.9 Å². The summed E-state index contributed by atoms with van der Waals surface area (Å²) in [7, 11) is 0. The topological polar surface area (TPSA) is 77.2 Å². The summed E-state index contributed by atoms with van der Waals surface area (Å²) in [6, 6.07) is 8.98. The summed E-state index contributed by atoms with van der Waals surface area (Å²) in [6.07, 6.45) is 1.59. The molecule has 2 atom stereocenters. The van der Waals surface area contributed by atoms with Gasteiger partial charge in [0, 0.05) is 30.8 Å². The second kappa shape index (κ2) is 7.69. The van der Waals surface area contributed by atoms with Crippen molar-refractivity contribution in [1.82, 2.24) is 10.3 Å². The monoisotopic (exact) mass is 317 g/mol. The smallest absolute Gasteiger partial charge is 0.224 e. The van der Waals surface area contributed by atoms with Gasteiger partial charge < -0.3 is 15.8 Å². The minimum atomic E-state index is -0.329. The number of hydrogen-bond acceptors (Lipinski definition) is 4. The molecule has 0 saturated carbocycles. The first-order chi connectivity index (χ1) is 11.0. The van der Waals surface area contributed by atoms with Gasteiger partial charge in [0.2, 0.25) is 11.8 Å². The molecule has 5 nitrogen and oxygen atoms in total. The van der Waals surface area contributed by atoms with Crippen LogP contribution >= 0.6 is 0 Å². The Morgan fingerprint density at radius 2 is 2.00 bits per heavy atom. The van der Waals surface area contributed by atoms with Crippen molar-refractivity contribution in [2.45, 2.75) is 26.4 Å². The maximum absolute atomic E-state index is 12.9. The molecular weight excluding hydrogens is 297 g/mol. The van der Waals surface area contributed by atoms with Gasteiger partial charge in [0.05, 0.1) is 0 Å². The van der Waals surface area contributed by atoms with E-state index in [0.717, 1.165) is 5.56 Å². The third-order valence-electron chi connectivity index (χ3n) is 3.50. The van der Waals surface area contributed by atoms with Crippen LogP contribution in [0.3, 0.4) is 0 Å². The molecule has 3 N–H and O–H groups in total. The molecule has 0 saturated heterocycles. The van der Waals surface area contributed by atoms with Gasteiger partial charge in [-0.3, -0.25) is 4.79 Å². The number of ether oxygens (including phenoxy) is 1. The van der Waals surface area contributed by atoms with Crippen LogP contribution in [0, 0.1) is 11.7 Å². The van der Waals surface area contributed by atoms with Crippen molar-refractivity contribution < 1.29 is 13.9 Å². The van der Waals surface area contributed by atoms with Gasteiger partial charge in [0.1, 0.15) is 11.6 Å². The number of nitrogens with one attached hydrogen (secondary N) is 1. The van der Waals surface area contributed by atoms with Crippen LogP contribution < -0.4 is 15.8 Å². The Morgan fingerprint density at radius 1 is 1.30 bits per heavy atom. The molecule has 0 bridgehead atoms. The van der Waals surface area contributed by atoms with Crippen LogP contribution in [0.2, 0.25) is 0 Å². The van der Waals surface area contributed by atoms with Crippen molar-refractivity contribution in [3.8, 4) is 11.6 Å². The summed E-state index contributed by atoms with van der Waals surface area (Å²) in [5, 5.41) is 2.83. The van der Waals surface area contributed by atoms with E-state index in [0.29, 0.717) is 18.2 Å². The number of rotatable bonds is 6. The molecule has 0 fully saturated rings. The average Bonchev–Trinajstić information content (AvgIpc) is 2.54. The lowest BCUT2D eigenvalue weighted by Crippen LogP contribution is -2.38. The molecule has 0 radical (unpaired) electrons. The fourth-order valence-electron chi connectivity index (χ4n) is 1.83. The van der Waals surface area contributed by atoms with Crippen LogP contribution in [0.15, 0.2) is 42.6 Å². The minimum absolute atomic E-state index is 0.0992. The van der Waals surface area contributed by atoms with E-state index in [2.05, 4.69) is 10.3 Å². The predicted molar refractivity (Wildman–Crippen MR) is 85.4 cm³/mol. The molecule has 1 heterocycles. The van der Waals surface area contributed by atoms with Gasteiger partial charge >= 0.3 is 0 Å². The summed E-state index contributed by atoms with van der Waals surface area (Å²) in [5.41, 5.74) is 6.56. The fraction of sp³-hybridized carbons (Fsp3) is 0.294. The summed E-state index contributed by atoms with van der Waals surface area (Å²) >= 11 is 0. The standard InChI is InChI=1S/C17H20FN3O2/c1-11(12(2)19)17(22)21-10-13-7-8-20-16(9-13)23-15-5-3-14(18)4-6-15/h3-9,11-12H,10,19H2,1-2H3,(H,21,22). The molecule has 2 aromatic rings. The first-order valence-electron chi connectivity index (χ1n) is 7.37. The molecule has 122 valence electrons. The Bertz CT molecular complexity index is 659. The van der Waals surface area contributed by atoms with Crippen molar-refractivity contribution in [1.29, 1.82) is 0 Å². The second-order valence-corrected chi connectivity index (χ2v) is 5.42. The number of nitrogens with two attached hydrogens (primary N) is 1. The zero-order chi connectivity index (χ0) is 16.8. The highest BCUT2D eigenvalue weighted by molar-refractivity contribution is 5.78. The van der Waals surface area contributed by atoms with Gasteiger partial charge in [-0.05, 0) is 42.8 Å². The minimum Gasteiger partial charge on any atom is -0.439 e. The number of hydrogen-bond donors (Lipinski definition) is 2. The van der Waals surface area contributed by atoms with Gasteiger partial charge in [0.25, 0.3) is 0 Å². The Labute approximate surface area is 134 Å². The summed E-state index contributed by atoms with van der Waals surface area (Å²) in [4.78, 5) is 16.0. The molecular formula is C17H20FN3O2. The maximum Gasteiger partial charge on any atom is 0.224 e. The molecule has 1 aromatic carbocycles. The highest BCUT2D eigenvalue weighted by Gasteiger charge is 2.16. The van der Waals surface area contributed by atoms with Gasteiger partial charge in [-0.25, -0.2) is 9.37 Å². The van der Waals surface area contributed by atoms with E-state index in [1.54, 1.807) is 32.2 Å². The summed E-state index contributed by atoms with van der Waals surface area (Å²) < 4.78 is 18.4. The molecule has 0 aliphatic heterocycles. The molecule has 0 aliphatic rings. The summed E-state index contributed by atoms with van der Waals surface area (Å²) in [5.74, 6) is 0.184. The van der Waals surface area contributed by atoms with Crippen LogP contribution in [-0.2, 0) is 11.3 Å². The maximum atomic E-state index is 12.9. The quantitative estimate of drug-likeness (QED) is 0.858. The third-order valence-corrected chi connectivity index (χ3v) is 3.50. The highest BCUT2D eigenvalue weighted by atomic mass is 19.1. The Kier molecular flexibility index (Phi) is 5.65. The normalized spacial score (nSPS) is 13.2. The molecule has 0 aliphatic carbocycles. The zero-order valence-electron chi connectivity index (χ0n) is 13.1. The predicted octanol–water partition coefficient (Wildman–Crippen LogP) is 2.61. The SMILES string of the molecule is CC(N)C(C)C(=O)NCc1ccnc(Oc2ccc(F)cc2)c1. The lowest BCUT2D eigenvalue weighted by molar-refractivity contribution is -0.125. The number of nitrogens with zero attached hydrogens (tertiary/aromatic N) is 1. The number of benzene rings is 1. The molecule has 2 unspecified atom stereocenters. The van der Waals surface area contributed by atoms with Crippen molar-refractivity contribution >= 4 is 5.91 Å². The molecule has 6 heteroatoms. The summed E-state index contributed by atoms with van der Waals surface area (Å²) in [6.45, 7) is 3.94. The Hall–Kier alpha value is -2.47.